The number of benzene rings is 1. The summed E-state index contributed by atoms with van der Waals surface area (Å²) >= 11 is 3.48. The number of fused-ring (bicyclic) bond motifs is 1. The summed E-state index contributed by atoms with van der Waals surface area (Å²) in [6.45, 7) is 2.30. The van der Waals surface area contributed by atoms with Crippen LogP contribution in [0.5, 0.6) is 0 Å². The molecule has 5 nitrogen and oxygen atoms in total. The normalized spacial score (nSPS) is 11.0. The third-order valence-electron chi connectivity index (χ3n) is 3.41. The van der Waals surface area contributed by atoms with Crippen LogP contribution >= 0.6 is 15.9 Å². The number of rotatable bonds is 3. The van der Waals surface area contributed by atoms with Gasteiger partial charge in [-0.25, -0.2) is 5.84 Å². The molecule has 2 aromatic heterocycles. The molecule has 6 heteroatoms. The van der Waals surface area contributed by atoms with Gasteiger partial charge in [0, 0.05) is 16.2 Å². The first-order valence-corrected chi connectivity index (χ1v) is 7.22. The number of nitrogens with two attached hydrogens (primary N) is 1. The summed E-state index contributed by atoms with van der Waals surface area (Å²) in [4.78, 5) is 11.6. The van der Waals surface area contributed by atoms with Gasteiger partial charge in [-0.2, -0.15) is 0 Å². The Balaban J connectivity index is 1.95. The first-order valence-electron chi connectivity index (χ1n) is 6.43. The van der Waals surface area contributed by atoms with Gasteiger partial charge in [0.25, 0.3) is 5.91 Å². The van der Waals surface area contributed by atoms with Crippen LogP contribution < -0.4 is 11.3 Å². The molecule has 21 heavy (non-hydrogen) atoms. The molecule has 0 fully saturated rings. The Morgan fingerprint density at radius 2 is 2.19 bits per heavy atom. The molecule has 2 heterocycles. The zero-order valence-electron chi connectivity index (χ0n) is 11.4. The highest BCUT2D eigenvalue weighted by molar-refractivity contribution is 9.10. The molecule has 0 spiro atoms. The number of halogens is 1. The van der Waals surface area contributed by atoms with Crippen molar-refractivity contribution in [3.63, 3.8) is 0 Å². The Kier molecular flexibility index (Phi) is 3.57. The molecule has 3 aromatic rings. The Bertz CT molecular complexity index is 820. The van der Waals surface area contributed by atoms with Crippen LogP contribution in [-0.4, -0.2) is 10.5 Å². The quantitative estimate of drug-likeness (QED) is 0.434. The molecule has 0 bridgehead atoms. The lowest BCUT2D eigenvalue weighted by molar-refractivity contribution is 0.0952. The maximum atomic E-state index is 11.6. The number of nitrogens with zero attached hydrogens (tertiary/aromatic N) is 1. The van der Waals surface area contributed by atoms with Crippen LogP contribution in [0.3, 0.4) is 0 Å². The van der Waals surface area contributed by atoms with Gasteiger partial charge in [0.1, 0.15) is 11.5 Å². The number of hydrogen-bond acceptors (Lipinski definition) is 3. The Labute approximate surface area is 129 Å². The minimum atomic E-state index is -0.345. The fourth-order valence-corrected chi connectivity index (χ4v) is 2.74. The molecule has 3 rings (SSSR count). The van der Waals surface area contributed by atoms with Gasteiger partial charge >= 0.3 is 0 Å². The molecule has 0 radical (unpaired) electrons. The molecule has 0 aliphatic heterocycles. The zero-order chi connectivity index (χ0) is 15.0. The van der Waals surface area contributed by atoms with Crippen molar-refractivity contribution in [1.29, 1.82) is 0 Å². The Morgan fingerprint density at radius 1 is 1.38 bits per heavy atom. The third-order valence-corrected chi connectivity index (χ3v) is 3.90. The van der Waals surface area contributed by atoms with Crippen molar-refractivity contribution in [1.82, 2.24) is 9.99 Å². The van der Waals surface area contributed by atoms with Gasteiger partial charge < -0.3 is 8.98 Å². The van der Waals surface area contributed by atoms with Crippen molar-refractivity contribution in [2.24, 2.45) is 5.84 Å². The van der Waals surface area contributed by atoms with Crippen LogP contribution in [0.15, 0.2) is 45.4 Å². The van der Waals surface area contributed by atoms with E-state index in [4.69, 9.17) is 10.3 Å². The number of furan rings is 1. The molecular weight excluding hydrogens is 334 g/mol. The predicted octanol–water partition coefficient (Wildman–Crippen LogP) is 2.96. The maximum absolute atomic E-state index is 11.6. The van der Waals surface area contributed by atoms with E-state index < -0.39 is 0 Å². The number of hydrogen-bond donors (Lipinski definition) is 2. The number of hydrazine groups is 1. The van der Waals surface area contributed by atoms with E-state index in [0.717, 1.165) is 15.4 Å². The average Bonchev–Trinajstić information content (AvgIpc) is 3.02. The summed E-state index contributed by atoms with van der Waals surface area (Å²) in [6, 6.07) is 9.88. The van der Waals surface area contributed by atoms with Gasteiger partial charge in [-0.05, 0) is 36.6 Å². The van der Waals surface area contributed by atoms with Crippen LogP contribution in [0.25, 0.3) is 10.9 Å². The molecule has 0 atom stereocenters. The van der Waals surface area contributed by atoms with Crippen LogP contribution in [0.2, 0.25) is 0 Å². The number of amides is 1. The van der Waals surface area contributed by atoms with E-state index in [2.05, 4.69) is 38.1 Å². The standard InChI is InChI=1S/C15H14BrN3O2/c1-9-13(15(20)18-17)7-12(21-9)8-19-5-4-10-2-3-11(16)6-14(10)19/h2-7H,8,17H2,1H3,(H,18,20). The largest absolute Gasteiger partial charge is 0.464 e. The smallest absolute Gasteiger partial charge is 0.268 e. The van der Waals surface area contributed by atoms with E-state index in [-0.39, 0.29) is 5.91 Å². The summed E-state index contributed by atoms with van der Waals surface area (Å²) in [6.07, 6.45) is 2.00. The molecule has 0 saturated carbocycles. The predicted molar refractivity (Wildman–Crippen MR) is 83.8 cm³/mol. The first kappa shape index (κ1) is 13.9. The number of carbonyl (C=O) groups is 1. The lowest BCUT2D eigenvalue weighted by Gasteiger charge is -2.03. The van der Waals surface area contributed by atoms with Crippen LogP contribution in [0, 0.1) is 6.92 Å². The second-order valence-electron chi connectivity index (χ2n) is 4.80. The molecule has 108 valence electrons. The maximum Gasteiger partial charge on any atom is 0.268 e. The van der Waals surface area contributed by atoms with Gasteiger partial charge in [0.05, 0.1) is 12.1 Å². The van der Waals surface area contributed by atoms with E-state index >= 15 is 0 Å². The average molecular weight is 348 g/mol. The van der Waals surface area contributed by atoms with Crippen molar-refractivity contribution < 1.29 is 9.21 Å². The number of nitrogen functional groups attached to an aromatic ring is 1. The highest BCUT2D eigenvalue weighted by Gasteiger charge is 2.14. The minimum Gasteiger partial charge on any atom is -0.464 e. The molecule has 0 aliphatic carbocycles. The summed E-state index contributed by atoms with van der Waals surface area (Å²) < 4.78 is 8.74. The monoisotopic (exact) mass is 347 g/mol. The second kappa shape index (κ2) is 5.38. The van der Waals surface area contributed by atoms with Gasteiger partial charge in [-0.15, -0.1) is 0 Å². The van der Waals surface area contributed by atoms with Crippen LogP contribution in [0.4, 0.5) is 0 Å². The summed E-state index contributed by atoms with van der Waals surface area (Å²) in [5.41, 5.74) is 3.68. The molecular formula is C15H14BrN3O2. The van der Waals surface area contributed by atoms with E-state index in [1.54, 1.807) is 13.0 Å². The molecule has 3 N–H and O–H groups in total. The number of carbonyl (C=O) groups excluding carboxylic acids is 1. The number of aromatic nitrogens is 1. The topological polar surface area (TPSA) is 73.2 Å². The Morgan fingerprint density at radius 3 is 2.95 bits per heavy atom. The first-order chi connectivity index (χ1) is 10.1. The van der Waals surface area contributed by atoms with E-state index in [1.807, 2.05) is 18.3 Å². The number of aryl methyl sites for hydroxylation is 1. The second-order valence-corrected chi connectivity index (χ2v) is 5.72. The molecule has 0 saturated heterocycles. The highest BCUT2D eigenvalue weighted by atomic mass is 79.9. The fourth-order valence-electron chi connectivity index (χ4n) is 2.39. The van der Waals surface area contributed by atoms with Crippen LogP contribution in [0.1, 0.15) is 21.9 Å². The van der Waals surface area contributed by atoms with Gasteiger partial charge in [0.2, 0.25) is 0 Å². The SMILES string of the molecule is Cc1oc(Cn2ccc3ccc(Br)cc32)cc1C(=O)NN. The van der Waals surface area contributed by atoms with Gasteiger partial charge in [-0.1, -0.05) is 22.0 Å². The van der Waals surface area contributed by atoms with E-state index in [9.17, 15) is 4.79 Å². The minimum absolute atomic E-state index is 0.345. The Hall–Kier alpha value is -2.05. The van der Waals surface area contributed by atoms with Crippen LogP contribution in [-0.2, 0) is 6.54 Å². The van der Waals surface area contributed by atoms with Crippen molar-refractivity contribution in [3.05, 3.63) is 58.1 Å². The van der Waals surface area contributed by atoms with Gasteiger partial charge in [0.15, 0.2) is 0 Å². The third kappa shape index (κ3) is 2.59. The summed E-state index contributed by atoms with van der Waals surface area (Å²) in [5.74, 6) is 6.09. The zero-order valence-corrected chi connectivity index (χ0v) is 13.0. The van der Waals surface area contributed by atoms with Crippen molar-refractivity contribution >= 4 is 32.7 Å². The molecule has 0 aliphatic rings. The van der Waals surface area contributed by atoms with E-state index in [1.165, 1.54) is 0 Å². The molecule has 1 aromatic carbocycles. The summed E-state index contributed by atoms with van der Waals surface area (Å²) in [7, 11) is 0. The van der Waals surface area contributed by atoms with Crippen molar-refractivity contribution in [2.75, 3.05) is 0 Å². The molecule has 0 unspecified atom stereocenters. The fraction of sp³-hybridized carbons (Fsp3) is 0.133. The number of nitrogens with one attached hydrogen (secondary N) is 1. The highest BCUT2D eigenvalue weighted by Crippen LogP contribution is 2.23. The van der Waals surface area contributed by atoms with Gasteiger partial charge in [-0.3, -0.25) is 10.2 Å². The van der Waals surface area contributed by atoms with E-state index in [0.29, 0.717) is 23.6 Å². The molecule has 1 amide bonds. The lowest BCUT2D eigenvalue weighted by atomic mass is 10.2. The lowest BCUT2D eigenvalue weighted by Crippen LogP contribution is -2.30. The van der Waals surface area contributed by atoms with Crippen molar-refractivity contribution in [2.45, 2.75) is 13.5 Å². The summed E-state index contributed by atoms with van der Waals surface area (Å²) in [5, 5.41) is 1.15. The van der Waals surface area contributed by atoms with Crippen molar-refractivity contribution in [3.8, 4) is 0 Å².